The number of esters is 1. The van der Waals surface area contributed by atoms with Crippen molar-refractivity contribution < 1.29 is 24.2 Å². The summed E-state index contributed by atoms with van der Waals surface area (Å²) in [7, 11) is 1.71. The molecule has 3 aliphatic rings. The van der Waals surface area contributed by atoms with Gasteiger partial charge >= 0.3 is 5.97 Å². The van der Waals surface area contributed by atoms with Gasteiger partial charge in [0.15, 0.2) is 0 Å². The quantitative estimate of drug-likeness (QED) is 0.574. The van der Waals surface area contributed by atoms with Crippen molar-refractivity contribution in [1.82, 2.24) is 4.90 Å². The molecule has 0 radical (unpaired) electrons. The van der Waals surface area contributed by atoms with Crippen LogP contribution in [-0.2, 0) is 25.7 Å². The van der Waals surface area contributed by atoms with Gasteiger partial charge in [-0.25, -0.2) is 0 Å². The van der Waals surface area contributed by atoms with E-state index < -0.39 is 29.6 Å². The lowest BCUT2D eigenvalue weighted by Gasteiger charge is -2.47. The molecule has 4 atom stereocenters. The first-order chi connectivity index (χ1) is 14.9. The van der Waals surface area contributed by atoms with Gasteiger partial charge in [-0.05, 0) is 28.8 Å². The summed E-state index contributed by atoms with van der Waals surface area (Å²) < 4.78 is 5.31. The van der Waals surface area contributed by atoms with Crippen LogP contribution in [0.3, 0.4) is 0 Å². The van der Waals surface area contributed by atoms with Crippen LogP contribution in [0.15, 0.2) is 61.2 Å². The number of Topliss-reactive ketones (excluding diaryl/α,β-unsaturated/α-hetero) is 1. The first-order valence-corrected chi connectivity index (χ1v) is 10.3. The number of amides is 1. The fraction of sp³-hybridized carbons (Fsp3) is 0.320. The summed E-state index contributed by atoms with van der Waals surface area (Å²) in [6, 6.07) is 14.5. The van der Waals surface area contributed by atoms with Crippen molar-refractivity contribution in [3.05, 3.63) is 77.9 Å². The number of hydrogen-bond acceptors (Lipinski definition) is 5. The van der Waals surface area contributed by atoms with Crippen molar-refractivity contribution in [3.63, 3.8) is 0 Å². The zero-order chi connectivity index (χ0) is 22.1. The van der Waals surface area contributed by atoms with Gasteiger partial charge < -0.3 is 14.7 Å². The standard InChI is InChI=1S/C25H25NO5/c1-3-11-31-25(30)23-21-18-12-16(27)9-10-17(18)19(13-20(21)28)22(23)24(29)26(2)14-15-7-5-4-6-8-15/h3-10,12,19,21-23,27H,1,11,13-14H2,2H3/t19?,21-,22-,23-/m1/s1. The van der Waals surface area contributed by atoms with Crippen LogP contribution in [0, 0.1) is 11.8 Å². The number of nitrogens with zero attached hydrogens (tertiary/aromatic N) is 1. The molecule has 160 valence electrons. The Hall–Kier alpha value is -3.41. The predicted molar refractivity (Wildman–Crippen MR) is 114 cm³/mol. The highest BCUT2D eigenvalue weighted by atomic mass is 16.5. The van der Waals surface area contributed by atoms with E-state index in [4.69, 9.17) is 4.74 Å². The Morgan fingerprint density at radius 1 is 1.16 bits per heavy atom. The van der Waals surface area contributed by atoms with Gasteiger partial charge in [-0.15, -0.1) is 0 Å². The number of ketones is 1. The number of phenolic OH excluding ortho intramolecular Hbond substituents is 1. The van der Waals surface area contributed by atoms with Crippen molar-refractivity contribution >= 4 is 17.7 Å². The second kappa shape index (κ2) is 8.38. The molecular formula is C25H25NO5. The molecule has 0 heterocycles. The van der Waals surface area contributed by atoms with Crippen LogP contribution in [0.25, 0.3) is 0 Å². The summed E-state index contributed by atoms with van der Waals surface area (Å²) >= 11 is 0. The normalized spacial score (nSPS) is 23.7. The van der Waals surface area contributed by atoms with Crippen molar-refractivity contribution in [1.29, 1.82) is 0 Å². The lowest BCUT2D eigenvalue weighted by Crippen LogP contribution is -2.53. The molecule has 0 saturated heterocycles. The third-order valence-electron chi connectivity index (χ3n) is 6.29. The van der Waals surface area contributed by atoms with Crippen LogP contribution >= 0.6 is 0 Å². The first-order valence-electron chi connectivity index (χ1n) is 10.3. The minimum atomic E-state index is -0.925. The summed E-state index contributed by atoms with van der Waals surface area (Å²) in [5.41, 5.74) is 2.45. The van der Waals surface area contributed by atoms with E-state index in [9.17, 15) is 19.5 Å². The largest absolute Gasteiger partial charge is 0.508 e. The zero-order valence-corrected chi connectivity index (χ0v) is 17.4. The number of carbonyl (C=O) groups is 3. The molecule has 1 amide bonds. The molecule has 1 unspecified atom stereocenters. The molecule has 5 rings (SSSR count). The Morgan fingerprint density at radius 2 is 1.90 bits per heavy atom. The second-order valence-corrected chi connectivity index (χ2v) is 8.22. The molecule has 2 aromatic rings. The van der Waals surface area contributed by atoms with E-state index in [0.29, 0.717) is 12.1 Å². The number of benzene rings is 2. The molecule has 3 aliphatic carbocycles. The lowest BCUT2D eigenvalue weighted by atomic mass is 9.55. The van der Waals surface area contributed by atoms with E-state index in [1.807, 2.05) is 30.3 Å². The van der Waals surface area contributed by atoms with Gasteiger partial charge in [0, 0.05) is 25.9 Å². The highest BCUT2D eigenvalue weighted by molar-refractivity contribution is 6.00. The van der Waals surface area contributed by atoms with Crippen molar-refractivity contribution in [2.45, 2.75) is 24.8 Å². The molecular weight excluding hydrogens is 394 g/mol. The van der Waals surface area contributed by atoms with Gasteiger partial charge in [0.25, 0.3) is 0 Å². The fourth-order valence-corrected chi connectivity index (χ4v) is 5.00. The van der Waals surface area contributed by atoms with Crippen molar-refractivity contribution in [2.24, 2.45) is 11.8 Å². The van der Waals surface area contributed by atoms with Crippen LogP contribution in [0.1, 0.15) is 34.9 Å². The number of rotatable bonds is 6. The predicted octanol–water partition coefficient (Wildman–Crippen LogP) is 3.17. The van der Waals surface area contributed by atoms with Crippen molar-refractivity contribution in [2.75, 3.05) is 13.7 Å². The third kappa shape index (κ3) is 3.74. The van der Waals surface area contributed by atoms with Crippen LogP contribution in [0.2, 0.25) is 0 Å². The number of phenols is 1. The Labute approximate surface area is 181 Å². The molecule has 2 bridgehead atoms. The molecule has 2 aromatic carbocycles. The molecule has 1 saturated carbocycles. The SMILES string of the molecule is C=CCOC(=O)[C@H]1[C@H](C(=O)N(C)Cc2ccccc2)C2CC(=O)[C@H]1c1cc(O)ccc12. The zero-order valence-electron chi connectivity index (χ0n) is 17.4. The average Bonchev–Trinajstić information content (AvgIpc) is 2.77. The number of hydrogen-bond donors (Lipinski definition) is 1. The van der Waals surface area contributed by atoms with Gasteiger partial charge in [0.1, 0.15) is 18.1 Å². The summed E-state index contributed by atoms with van der Waals surface area (Å²) in [4.78, 5) is 41.2. The Kier molecular flexibility index (Phi) is 5.63. The third-order valence-corrected chi connectivity index (χ3v) is 6.29. The van der Waals surface area contributed by atoms with Crippen LogP contribution in [0.4, 0.5) is 0 Å². The van der Waals surface area contributed by atoms with Crippen molar-refractivity contribution in [3.8, 4) is 5.75 Å². The van der Waals surface area contributed by atoms with E-state index >= 15 is 0 Å². The van der Waals surface area contributed by atoms with Gasteiger partial charge in [-0.1, -0.05) is 49.1 Å². The molecule has 6 heteroatoms. The first kappa shape index (κ1) is 20.8. The monoisotopic (exact) mass is 419 g/mol. The highest BCUT2D eigenvalue weighted by Gasteiger charge is 2.57. The fourth-order valence-electron chi connectivity index (χ4n) is 5.00. The molecule has 0 aromatic heterocycles. The maximum atomic E-state index is 13.6. The maximum Gasteiger partial charge on any atom is 0.311 e. The van der Waals surface area contributed by atoms with E-state index in [1.54, 1.807) is 24.1 Å². The van der Waals surface area contributed by atoms with Gasteiger partial charge in [0.2, 0.25) is 5.91 Å². The van der Waals surface area contributed by atoms with E-state index in [-0.39, 0.29) is 30.5 Å². The topological polar surface area (TPSA) is 83.9 Å². The Balaban J connectivity index is 1.72. The lowest BCUT2D eigenvalue weighted by molar-refractivity contribution is -0.161. The summed E-state index contributed by atoms with van der Waals surface area (Å²) in [6.45, 7) is 3.97. The summed E-state index contributed by atoms with van der Waals surface area (Å²) in [5.74, 6) is -3.70. The number of aromatic hydroxyl groups is 1. The molecule has 31 heavy (non-hydrogen) atoms. The molecule has 0 spiro atoms. The van der Waals surface area contributed by atoms with Gasteiger partial charge in [0.05, 0.1) is 17.8 Å². The average molecular weight is 419 g/mol. The van der Waals surface area contributed by atoms with Gasteiger partial charge in [-0.3, -0.25) is 14.4 Å². The molecule has 0 aliphatic heterocycles. The number of ether oxygens (including phenoxy) is 1. The number of fused-ring (bicyclic) bond motifs is 2. The number of carbonyl (C=O) groups excluding carboxylic acids is 3. The van der Waals surface area contributed by atoms with E-state index in [0.717, 1.165) is 11.1 Å². The van der Waals surface area contributed by atoms with Crippen LogP contribution in [-0.4, -0.2) is 41.3 Å². The minimum Gasteiger partial charge on any atom is -0.508 e. The summed E-state index contributed by atoms with van der Waals surface area (Å²) in [5, 5.41) is 9.98. The highest BCUT2D eigenvalue weighted by Crippen LogP contribution is 2.55. The van der Waals surface area contributed by atoms with Crippen LogP contribution < -0.4 is 0 Å². The Bertz CT molecular complexity index is 1030. The minimum absolute atomic E-state index is 0.00850. The Morgan fingerprint density at radius 3 is 2.61 bits per heavy atom. The smallest absolute Gasteiger partial charge is 0.311 e. The van der Waals surface area contributed by atoms with Gasteiger partial charge in [-0.2, -0.15) is 0 Å². The van der Waals surface area contributed by atoms with E-state index in [1.165, 1.54) is 12.1 Å². The summed E-state index contributed by atoms with van der Waals surface area (Å²) in [6.07, 6.45) is 1.65. The second-order valence-electron chi connectivity index (χ2n) is 8.22. The molecule has 1 N–H and O–H groups in total. The molecule has 6 nitrogen and oxygen atoms in total. The molecule has 1 fully saturated rings. The van der Waals surface area contributed by atoms with Crippen LogP contribution in [0.5, 0.6) is 5.75 Å². The maximum absolute atomic E-state index is 13.6. The van der Waals surface area contributed by atoms with E-state index in [2.05, 4.69) is 6.58 Å².